The molecular formula is C15H20FN3. The SMILES string of the molecule is CCn1c(C(C)C)nc(-c2ccc(F)c(C)c2)c1N. The molecule has 1 aromatic heterocycles. The Labute approximate surface area is 113 Å². The van der Waals surface area contributed by atoms with Gasteiger partial charge in [-0.05, 0) is 37.6 Å². The Morgan fingerprint density at radius 1 is 1.37 bits per heavy atom. The second kappa shape index (κ2) is 5.03. The summed E-state index contributed by atoms with van der Waals surface area (Å²) in [7, 11) is 0. The average Bonchev–Trinajstić information content (AvgIpc) is 2.70. The van der Waals surface area contributed by atoms with Crippen LogP contribution in [-0.2, 0) is 6.54 Å². The molecule has 0 unspecified atom stereocenters. The number of nitrogens with zero attached hydrogens (tertiary/aromatic N) is 2. The van der Waals surface area contributed by atoms with Crippen molar-refractivity contribution in [3.63, 3.8) is 0 Å². The quantitative estimate of drug-likeness (QED) is 0.915. The summed E-state index contributed by atoms with van der Waals surface area (Å²) >= 11 is 0. The lowest BCUT2D eigenvalue weighted by Crippen LogP contribution is -2.06. The highest BCUT2D eigenvalue weighted by Crippen LogP contribution is 2.30. The molecule has 1 heterocycles. The molecule has 0 saturated carbocycles. The molecule has 4 heteroatoms. The van der Waals surface area contributed by atoms with Crippen molar-refractivity contribution in [1.82, 2.24) is 9.55 Å². The monoisotopic (exact) mass is 261 g/mol. The minimum absolute atomic E-state index is 0.207. The predicted molar refractivity (Wildman–Crippen MR) is 76.5 cm³/mol. The first-order valence-corrected chi connectivity index (χ1v) is 6.58. The second-order valence-corrected chi connectivity index (χ2v) is 5.07. The van der Waals surface area contributed by atoms with Crippen LogP contribution in [0.3, 0.4) is 0 Å². The van der Waals surface area contributed by atoms with Crippen molar-refractivity contribution in [3.05, 3.63) is 35.4 Å². The Balaban J connectivity index is 2.59. The molecule has 2 N–H and O–H groups in total. The lowest BCUT2D eigenvalue weighted by molar-refractivity contribution is 0.619. The average molecular weight is 261 g/mol. The van der Waals surface area contributed by atoms with Gasteiger partial charge in [0.1, 0.15) is 23.2 Å². The normalized spacial score (nSPS) is 11.3. The summed E-state index contributed by atoms with van der Waals surface area (Å²) < 4.78 is 15.3. The van der Waals surface area contributed by atoms with Gasteiger partial charge in [0.25, 0.3) is 0 Å². The van der Waals surface area contributed by atoms with Gasteiger partial charge < -0.3 is 10.3 Å². The zero-order valence-electron chi connectivity index (χ0n) is 11.9. The molecule has 0 radical (unpaired) electrons. The van der Waals surface area contributed by atoms with Crippen molar-refractivity contribution < 1.29 is 4.39 Å². The van der Waals surface area contributed by atoms with E-state index in [1.807, 2.05) is 11.5 Å². The van der Waals surface area contributed by atoms with Gasteiger partial charge in [0.05, 0.1) is 0 Å². The molecule has 19 heavy (non-hydrogen) atoms. The third-order valence-electron chi connectivity index (χ3n) is 3.30. The summed E-state index contributed by atoms with van der Waals surface area (Å²) in [5.74, 6) is 1.72. The maximum absolute atomic E-state index is 13.3. The van der Waals surface area contributed by atoms with Crippen LogP contribution in [0, 0.1) is 12.7 Å². The Bertz CT molecular complexity index is 600. The van der Waals surface area contributed by atoms with E-state index in [2.05, 4.69) is 18.8 Å². The molecule has 0 aliphatic rings. The molecule has 0 amide bonds. The maximum Gasteiger partial charge on any atom is 0.131 e. The van der Waals surface area contributed by atoms with Gasteiger partial charge in [0.2, 0.25) is 0 Å². The highest BCUT2D eigenvalue weighted by atomic mass is 19.1. The van der Waals surface area contributed by atoms with Crippen LogP contribution in [0.5, 0.6) is 0 Å². The topological polar surface area (TPSA) is 43.8 Å². The molecule has 0 saturated heterocycles. The summed E-state index contributed by atoms with van der Waals surface area (Å²) in [6, 6.07) is 4.98. The third-order valence-corrected chi connectivity index (χ3v) is 3.30. The van der Waals surface area contributed by atoms with Gasteiger partial charge >= 0.3 is 0 Å². The summed E-state index contributed by atoms with van der Waals surface area (Å²) in [4.78, 5) is 4.64. The smallest absolute Gasteiger partial charge is 0.131 e. The number of anilines is 1. The first kappa shape index (κ1) is 13.6. The largest absolute Gasteiger partial charge is 0.383 e. The fraction of sp³-hybridized carbons (Fsp3) is 0.400. The zero-order chi connectivity index (χ0) is 14.2. The van der Waals surface area contributed by atoms with Gasteiger partial charge in [-0.3, -0.25) is 0 Å². The predicted octanol–water partition coefficient (Wildman–Crippen LogP) is 3.72. The molecule has 1 aromatic carbocycles. The molecule has 102 valence electrons. The van der Waals surface area contributed by atoms with Crippen molar-refractivity contribution in [2.24, 2.45) is 0 Å². The number of nitrogens with two attached hydrogens (primary N) is 1. The molecule has 3 nitrogen and oxygen atoms in total. The highest BCUT2D eigenvalue weighted by Gasteiger charge is 2.17. The number of halogens is 1. The summed E-state index contributed by atoms with van der Waals surface area (Å²) in [5, 5.41) is 0. The van der Waals surface area contributed by atoms with Crippen molar-refractivity contribution in [2.75, 3.05) is 5.73 Å². The van der Waals surface area contributed by atoms with E-state index in [1.54, 1.807) is 19.1 Å². The molecule has 0 spiro atoms. The maximum atomic E-state index is 13.3. The van der Waals surface area contributed by atoms with Crippen molar-refractivity contribution in [3.8, 4) is 11.3 Å². The lowest BCUT2D eigenvalue weighted by atomic mass is 10.1. The van der Waals surface area contributed by atoms with E-state index < -0.39 is 0 Å². The molecule has 0 atom stereocenters. The fourth-order valence-electron chi connectivity index (χ4n) is 2.26. The Hall–Kier alpha value is -1.84. The molecule has 0 fully saturated rings. The number of benzene rings is 1. The van der Waals surface area contributed by atoms with Gasteiger partial charge in [-0.15, -0.1) is 0 Å². The van der Waals surface area contributed by atoms with Gasteiger partial charge in [0.15, 0.2) is 0 Å². The molecular weight excluding hydrogens is 241 g/mol. The third kappa shape index (κ3) is 2.35. The summed E-state index contributed by atoms with van der Waals surface area (Å²) in [6.07, 6.45) is 0. The zero-order valence-corrected chi connectivity index (χ0v) is 11.9. The van der Waals surface area contributed by atoms with Crippen LogP contribution in [-0.4, -0.2) is 9.55 Å². The number of nitrogen functional groups attached to an aromatic ring is 1. The Morgan fingerprint density at radius 3 is 2.53 bits per heavy atom. The number of hydrogen-bond donors (Lipinski definition) is 1. The van der Waals surface area contributed by atoms with Gasteiger partial charge in [-0.25, -0.2) is 9.37 Å². The van der Waals surface area contributed by atoms with Crippen LogP contribution < -0.4 is 5.73 Å². The van der Waals surface area contributed by atoms with E-state index in [4.69, 9.17) is 5.73 Å². The van der Waals surface area contributed by atoms with Crippen LogP contribution in [0.4, 0.5) is 10.2 Å². The van der Waals surface area contributed by atoms with Crippen LogP contribution in [0.25, 0.3) is 11.3 Å². The number of hydrogen-bond acceptors (Lipinski definition) is 2. The number of rotatable bonds is 3. The number of aryl methyl sites for hydroxylation is 1. The molecule has 0 aliphatic carbocycles. The van der Waals surface area contributed by atoms with Crippen molar-refractivity contribution >= 4 is 5.82 Å². The summed E-state index contributed by atoms with van der Waals surface area (Å²) in [6.45, 7) is 8.76. The van der Waals surface area contributed by atoms with Gasteiger partial charge in [-0.2, -0.15) is 0 Å². The summed E-state index contributed by atoms with van der Waals surface area (Å²) in [5.41, 5.74) is 8.40. The first-order valence-electron chi connectivity index (χ1n) is 6.58. The van der Waals surface area contributed by atoms with E-state index in [-0.39, 0.29) is 5.82 Å². The minimum atomic E-state index is -0.207. The second-order valence-electron chi connectivity index (χ2n) is 5.07. The molecule has 2 rings (SSSR count). The van der Waals surface area contributed by atoms with E-state index in [9.17, 15) is 4.39 Å². The van der Waals surface area contributed by atoms with E-state index >= 15 is 0 Å². The van der Waals surface area contributed by atoms with Crippen LogP contribution in [0.1, 0.15) is 38.1 Å². The van der Waals surface area contributed by atoms with Crippen LogP contribution >= 0.6 is 0 Å². The minimum Gasteiger partial charge on any atom is -0.383 e. The van der Waals surface area contributed by atoms with Crippen LogP contribution in [0.2, 0.25) is 0 Å². The van der Waals surface area contributed by atoms with E-state index in [0.717, 1.165) is 23.6 Å². The van der Waals surface area contributed by atoms with E-state index in [1.165, 1.54) is 6.07 Å². The fourth-order valence-corrected chi connectivity index (χ4v) is 2.26. The van der Waals surface area contributed by atoms with Gasteiger partial charge in [0, 0.05) is 18.0 Å². The number of aromatic nitrogens is 2. The standard InChI is InChI=1S/C15H20FN3/c1-5-19-14(17)13(18-15(19)9(2)3)11-6-7-12(16)10(4)8-11/h6-9H,5,17H2,1-4H3. The molecule has 0 bridgehead atoms. The Kier molecular flexibility index (Phi) is 3.60. The Morgan fingerprint density at radius 2 is 2.05 bits per heavy atom. The number of imidazole rings is 1. The first-order chi connectivity index (χ1) is 8.95. The van der Waals surface area contributed by atoms with Crippen molar-refractivity contribution in [1.29, 1.82) is 0 Å². The van der Waals surface area contributed by atoms with Crippen molar-refractivity contribution in [2.45, 2.75) is 40.2 Å². The lowest BCUT2D eigenvalue weighted by Gasteiger charge is -2.08. The molecule has 2 aromatic rings. The van der Waals surface area contributed by atoms with E-state index in [0.29, 0.717) is 17.3 Å². The highest BCUT2D eigenvalue weighted by molar-refractivity contribution is 5.71. The van der Waals surface area contributed by atoms with Gasteiger partial charge in [-0.1, -0.05) is 13.8 Å². The molecule has 0 aliphatic heterocycles. The van der Waals surface area contributed by atoms with Crippen LogP contribution in [0.15, 0.2) is 18.2 Å².